The lowest BCUT2D eigenvalue weighted by atomic mass is 10.0. The molecule has 0 bridgehead atoms. The van der Waals surface area contributed by atoms with Gasteiger partial charge in [-0.1, -0.05) is 79.0 Å². The van der Waals surface area contributed by atoms with Gasteiger partial charge in [-0.05, 0) is 48.7 Å². The van der Waals surface area contributed by atoms with E-state index in [9.17, 15) is 9.59 Å². The van der Waals surface area contributed by atoms with Gasteiger partial charge in [0.2, 0.25) is 0 Å². The van der Waals surface area contributed by atoms with Crippen LogP contribution in [0.4, 0.5) is 0 Å². The molecule has 0 aliphatic rings. The Morgan fingerprint density at radius 1 is 1.00 bits per heavy atom. The van der Waals surface area contributed by atoms with Crippen molar-refractivity contribution < 1.29 is 14.3 Å². The van der Waals surface area contributed by atoms with Crippen molar-refractivity contribution in [2.45, 2.75) is 33.4 Å². The summed E-state index contributed by atoms with van der Waals surface area (Å²) in [7, 11) is 0. The number of nitrogens with zero attached hydrogens (tertiary/aromatic N) is 1. The van der Waals surface area contributed by atoms with Crippen molar-refractivity contribution in [3.63, 3.8) is 0 Å². The number of nitrogens with one attached hydrogen (secondary N) is 2. The van der Waals surface area contributed by atoms with E-state index in [1.807, 2.05) is 69.3 Å². The van der Waals surface area contributed by atoms with Gasteiger partial charge in [-0.2, -0.15) is 5.10 Å². The van der Waals surface area contributed by atoms with Gasteiger partial charge in [-0.15, -0.1) is 0 Å². The van der Waals surface area contributed by atoms with Gasteiger partial charge >= 0.3 is 0 Å². The van der Waals surface area contributed by atoms with Crippen LogP contribution in [0.2, 0.25) is 10.0 Å². The molecule has 0 fully saturated rings. The van der Waals surface area contributed by atoms with Crippen molar-refractivity contribution in [2.24, 2.45) is 11.0 Å². The highest BCUT2D eigenvalue weighted by Gasteiger charge is 2.24. The highest BCUT2D eigenvalue weighted by Crippen LogP contribution is 2.23. The lowest BCUT2D eigenvalue weighted by Crippen LogP contribution is -2.48. The third-order valence-corrected chi connectivity index (χ3v) is 5.97. The molecular weight excluding hydrogens is 485 g/mol. The number of hydrazone groups is 1. The van der Waals surface area contributed by atoms with Crippen LogP contribution in [0, 0.1) is 12.8 Å². The minimum absolute atomic E-state index is 0.179. The predicted molar refractivity (Wildman–Crippen MR) is 140 cm³/mol. The SMILES string of the molecule is Cc1ccc(COc2ccccc2C=NNC(=O)C(NC(=O)c2ccc(Cl)c(Cl)c2)C(C)C)cc1. The number of para-hydroxylation sites is 1. The summed E-state index contributed by atoms with van der Waals surface area (Å²) in [6.07, 6.45) is 1.51. The molecule has 0 saturated heterocycles. The summed E-state index contributed by atoms with van der Waals surface area (Å²) in [5, 5.41) is 7.42. The van der Waals surface area contributed by atoms with Crippen LogP contribution in [-0.4, -0.2) is 24.1 Å². The Labute approximate surface area is 215 Å². The Hall–Kier alpha value is -3.35. The molecule has 1 atom stereocenters. The lowest BCUT2D eigenvalue weighted by Gasteiger charge is -2.20. The predicted octanol–water partition coefficient (Wildman–Crippen LogP) is 5.79. The highest BCUT2D eigenvalue weighted by atomic mass is 35.5. The van der Waals surface area contributed by atoms with Gasteiger partial charge < -0.3 is 10.1 Å². The van der Waals surface area contributed by atoms with Crippen molar-refractivity contribution >= 4 is 41.2 Å². The minimum Gasteiger partial charge on any atom is -0.488 e. The van der Waals surface area contributed by atoms with Crippen LogP contribution in [0.3, 0.4) is 0 Å². The zero-order valence-electron chi connectivity index (χ0n) is 19.7. The number of hydrogen-bond acceptors (Lipinski definition) is 4. The molecule has 3 aromatic rings. The van der Waals surface area contributed by atoms with Crippen LogP contribution >= 0.6 is 23.2 Å². The Morgan fingerprint density at radius 3 is 2.40 bits per heavy atom. The number of benzene rings is 3. The van der Waals surface area contributed by atoms with Crippen LogP contribution in [0.1, 0.15) is 40.9 Å². The van der Waals surface area contributed by atoms with Crippen molar-refractivity contribution in [3.05, 3.63) is 99.0 Å². The van der Waals surface area contributed by atoms with E-state index in [2.05, 4.69) is 15.8 Å². The van der Waals surface area contributed by atoms with Crippen LogP contribution in [0.25, 0.3) is 0 Å². The first kappa shape index (κ1) is 26.3. The zero-order chi connectivity index (χ0) is 25.4. The molecule has 6 nitrogen and oxygen atoms in total. The van der Waals surface area contributed by atoms with Crippen molar-refractivity contribution in [2.75, 3.05) is 0 Å². The largest absolute Gasteiger partial charge is 0.488 e. The van der Waals surface area contributed by atoms with Crippen LogP contribution < -0.4 is 15.5 Å². The summed E-state index contributed by atoms with van der Waals surface area (Å²) in [6, 6.07) is 19.2. The van der Waals surface area contributed by atoms with Crippen molar-refractivity contribution in [3.8, 4) is 5.75 Å². The summed E-state index contributed by atoms with van der Waals surface area (Å²) < 4.78 is 5.94. The second-order valence-corrected chi connectivity index (χ2v) is 9.18. The van der Waals surface area contributed by atoms with Crippen molar-refractivity contribution in [1.29, 1.82) is 0 Å². The molecule has 182 valence electrons. The Kier molecular flexibility index (Phi) is 9.29. The maximum atomic E-state index is 12.8. The standard InChI is InChI=1S/C27H27Cl2N3O3/c1-17(2)25(31-26(33)20-12-13-22(28)23(29)14-20)27(34)32-30-15-21-6-4-5-7-24(21)35-16-19-10-8-18(3)9-11-19/h4-15,17,25H,16H2,1-3H3,(H,31,33)(H,32,34). The molecule has 1 unspecified atom stereocenters. The molecule has 0 spiro atoms. The number of halogens is 2. The third kappa shape index (κ3) is 7.57. The molecule has 0 radical (unpaired) electrons. The molecule has 2 amide bonds. The zero-order valence-corrected chi connectivity index (χ0v) is 21.2. The summed E-state index contributed by atoms with van der Waals surface area (Å²) in [4.78, 5) is 25.4. The topological polar surface area (TPSA) is 79.8 Å². The second kappa shape index (κ2) is 12.4. The molecule has 2 N–H and O–H groups in total. The maximum absolute atomic E-state index is 12.8. The van der Waals surface area contributed by atoms with Crippen LogP contribution in [-0.2, 0) is 11.4 Å². The summed E-state index contributed by atoms with van der Waals surface area (Å²) in [5.74, 6) is -0.416. The van der Waals surface area contributed by atoms with E-state index in [0.29, 0.717) is 28.5 Å². The third-order valence-electron chi connectivity index (χ3n) is 5.23. The van der Waals surface area contributed by atoms with Gasteiger partial charge in [0.1, 0.15) is 18.4 Å². The number of rotatable bonds is 9. The molecular formula is C27H27Cl2N3O3. The lowest BCUT2D eigenvalue weighted by molar-refractivity contribution is -0.123. The van der Waals surface area contributed by atoms with Gasteiger partial charge in [0.05, 0.1) is 16.3 Å². The fourth-order valence-corrected chi connectivity index (χ4v) is 3.49. The van der Waals surface area contributed by atoms with Gasteiger partial charge in [0.25, 0.3) is 11.8 Å². The highest BCUT2D eigenvalue weighted by molar-refractivity contribution is 6.42. The fourth-order valence-electron chi connectivity index (χ4n) is 3.20. The molecule has 0 aliphatic carbocycles. The molecule has 0 aromatic heterocycles. The van der Waals surface area contributed by atoms with E-state index in [1.54, 1.807) is 6.07 Å². The van der Waals surface area contributed by atoms with E-state index in [0.717, 1.165) is 5.56 Å². The molecule has 8 heteroatoms. The molecule has 0 saturated carbocycles. The van der Waals surface area contributed by atoms with E-state index in [-0.39, 0.29) is 10.9 Å². The Morgan fingerprint density at radius 2 is 1.71 bits per heavy atom. The average molecular weight is 512 g/mol. The first-order valence-corrected chi connectivity index (χ1v) is 11.9. The van der Waals surface area contributed by atoms with Crippen molar-refractivity contribution in [1.82, 2.24) is 10.7 Å². The number of carbonyl (C=O) groups excluding carboxylic acids is 2. The fraction of sp³-hybridized carbons (Fsp3) is 0.222. The molecule has 3 aromatic carbocycles. The monoisotopic (exact) mass is 511 g/mol. The molecule has 35 heavy (non-hydrogen) atoms. The molecule has 0 heterocycles. The number of hydrogen-bond donors (Lipinski definition) is 2. The first-order valence-electron chi connectivity index (χ1n) is 11.1. The Bertz CT molecular complexity index is 1210. The van der Waals surface area contributed by atoms with Gasteiger partial charge in [-0.3, -0.25) is 9.59 Å². The first-order chi connectivity index (χ1) is 16.7. The number of carbonyl (C=O) groups is 2. The average Bonchev–Trinajstić information content (AvgIpc) is 2.84. The van der Waals surface area contributed by atoms with E-state index < -0.39 is 17.9 Å². The van der Waals surface area contributed by atoms with Crippen LogP contribution in [0.5, 0.6) is 5.75 Å². The molecule has 3 rings (SSSR count). The second-order valence-electron chi connectivity index (χ2n) is 8.37. The maximum Gasteiger partial charge on any atom is 0.262 e. The van der Waals surface area contributed by atoms with Crippen LogP contribution in [0.15, 0.2) is 71.8 Å². The van der Waals surface area contributed by atoms with E-state index >= 15 is 0 Å². The summed E-state index contributed by atoms with van der Waals surface area (Å²) in [5.41, 5.74) is 5.76. The van der Waals surface area contributed by atoms with Gasteiger partial charge in [0.15, 0.2) is 0 Å². The van der Waals surface area contributed by atoms with E-state index in [1.165, 1.54) is 23.9 Å². The summed E-state index contributed by atoms with van der Waals surface area (Å²) >= 11 is 11.9. The smallest absolute Gasteiger partial charge is 0.262 e. The normalized spacial score (nSPS) is 11.9. The van der Waals surface area contributed by atoms with E-state index in [4.69, 9.17) is 27.9 Å². The quantitative estimate of drug-likeness (QED) is 0.282. The van der Waals surface area contributed by atoms with Gasteiger partial charge in [-0.25, -0.2) is 5.43 Å². The van der Waals surface area contributed by atoms with Gasteiger partial charge in [0, 0.05) is 11.1 Å². The Balaban J connectivity index is 1.63. The summed E-state index contributed by atoms with van der Waals surface area (Å²) in [6.45, 7) is 6.11. The number of ether oxygens (including phenoxy) is 1. The number of aryl methyl sites for hydroxylation is 1. The minimum atomic E-state index is -0.804. The molecule has 0 aliphatic heterocycles. The number of amides is 2.